The molecule has 0 spiro atoms. The molecule has 0 aliphatic carbocycles. The summed E-state index contributed by atoms with van der Waals surface area (Å²) in [5.74, 6) is -13.6. The van der Waals surface area contributed by atoms with E-state index in [1.54, 1.807) is 13.8 Å². The lowest BCUT2D eigenvalue weighted by Gasteiger charge is -2.34. The number of aliphatic hydroxyl groups excluding tert-OH is 1. The van der Waals surface area contributed by atoms with Crippen LogP contribution >= 0.6 is 0 Å². The normalized spacial score (nSPS) is 25.2. The third-order valence-corrected chi connectivity index (χ3v) is 6.95. The number of nitrogens with one attached hydrogen (secondary N) is 4. The molecule has 2 aromatic heterocycles. The van der Waals surface area contributed by atoms with Crippen LogP contribution in [0.1, 0.15) is 50.2 Å². The average molecular weight is 613 g/mol. The lowest BCUT2D eigenvalue weighted by molar-refractivity contribution is -0.136. The molecule has 234 valence electrons. The Morgan fingerprint density at radius 3 is 2.30 bits per heavy atom. The fourth-order valence-corrected chi connectivity index (χ4v) is 4.56. The summed E-state index contributed by atoms with van der Waals surface area (Å²) in [6.07, 6.45) is -1.56. The fourth-order valence-electron chi connectivity index (χ4n) is 4.56. The number of carbonyl (C=O) groups is 4. The topological polar surface area (TPSA) is 183 Å². The van der Waals surface area contributed by atoms with Crippen LogP contribution in [-0.2, 0) is 20.8 Å². The summed E-state index contributed by atoms with van der Waals surface area (Å²) in [5.41, 5.74) is -1.59. The van der Waals surface area contributed by atoms with Gasteiger partial charge in [-0.3, -0.25) is 19.2 Å². The zero-order valence-electron chi connectivity index (χ0n) is 23.6. The van der Waals surface area contributed by atoms with Gasteiger partial charge in [0.25, 0.3) is 11.9 Å². The molecule has 1 aliphatic heterocycles. The molecule has 1 fully saturated rings. The zero-order chi connectivity index (χ0) is 32.2. The maximum absolute atomic E-state index is 14.6. The molecule has 1 unspecified atom stereocenters. The fraction of sp³-hybridized carbons (Fsp3) is 0.481. The number of carbonyl (C=O) groups excluding carboxylic acids is 4. The zero-order valence-corrected chi connectivity index (χ0v) is 23.6. The van der Waals surface area contributed by atoms with E-state index < -0.39 is 107 Å². The quantitative estimate of drug-likeness (QED) is 0.203. The molecule has 16 heteroatoms. The molecule has 1 aliphatic rings. The van der Waals surface area contributed by atoms with Crippen LogP contribution in [0.2, 0.25) is 0 Å². The van der Waals surface area contributed by atoms with Crippen LogP contribution in [0, 0.1) is 35.4 Å². The van der Waals surface area contributed by atoms with Gasteiger partial charge < -0.3 is 31.5 Å². The first kappa shape index (κ1) is 33.2. The second kappa shape index (κ2) is 13.8. The Morgan fingerprint density at radius 2 is 1.67 bits per heavy atom. The summed E-state index contributed by atoms with van der Waals surface area (Å²) in [4.78, 5) is 59.2. The maximum Gasteiger partial charge on any atom is 0.274 e. The highest BCUT2D eigenvalue weighted by atomic mass is 19.2. The molecule has 12 nitrogen and oxygen atoms in total. The number of rotatable bonds is 6. The first-order valence-electron chi connectivity index (χ1n) is 13.3. The Hall–Kier alpha value is -4.34. The monoisotopic (exact) mass is 612 g/mol. The first-order valence-corrected chi connectivity index (χ1v) is 13.3. The molecule has 3 rings (SSSR count). The van der Waals surface area contributed by atoms with Crippen molar-refractivity contribution >= 4 is 23.6 Å². The van der Waals surface area contributed by atoms with Crippen molar-refractivity contribution in [3.63, 3.8) is 0 Å². The van der Waals surface area contributed by atoms with E-state index in [2.05, 4.69) is 31.2 Å². The first-order chi connectivity index (χ1) is 20.1. The van der Waals surface area contributed by atoms with E-state index in [0.717, 1.165) is 0 Å². The SMILES string of the molecule is CC(C)CC1NC(=O)[C@H](C)[C@H](O)[C@H](Cc2c(F)nc(F)c(F)c2F)NC(=O)[C@@H](NC(=O)c2ncccc2O)[C@@H](C)NC1=O. The van der Waals surface area contributed by atoms with Crippen LogP contribution in [0.5, 0.6) is 5.75 Å². The van der Waals surface area contributed by atoms with Crippen molar-refractivity contribution in [2.24, 2.45) is 11.8 Å². The minimum atomic E-state index is -2.09. The number of pyridine rings is 2. The van der Waals surface area contributed by atoms with Crippen molar-refractivity contribution in [1.82, 2.24) is 31.2 Å². The highest BCUT2D eigenvalue weighted by Gasteiger charge is 2.39. The van der Waals surface area contributed by atoms with Crippen molar-refractivity contribution in [3.8, 4) is 5.75 Å². The molecular weight excluding hydrogens is 580 g/mol. The van der Waals surface area contributed by atoms with Gasteiger partial charge in [0, 0.05) is 18.2 Å². The van der Waals surface area contributed by atoms with Gasteiger partial charge in [-0.15, -0.1) is 0 Å². The van der Waals surface area contributed by atoms with E-state index >= 15 is 0 Å². The molecule has 6 N–H and O–H groups in total. The predicted molar refractivity (Wildman–Crippen MR) is 141 cm³/mol. The number of halogens is 4. The third kappa shape index (κ3) is 7.74. The van der Waals surface area contributed by atoms with E-state index in [1.165, 1.54) is 32.2 Å². The minimum absolute atomic E-state index is 0.106. The van der Waals surface area contributed by atoms with Gasteiger partial charge in [-0.25, -0.2) is 9.37 Å². The lowest BCUT2D eigenvalue weighted by atomic mass is 9.90. The van der Waals surface area contributed by atoms with Crippen LogP contribution in [0.25, 0.3) is 0 Å². The number of amides is 4. The number of aromatic hydroxyl groups is 1. The van der Waals surface area contributed by atoms with E-state index in [1.807, 2.05) is 0 Å². The Balaban J connectivity index is 2.07. The Bertz CT molecular complexity index is 1400. The van der Waals surface area contributed by atoms with Crippen molar-refractivity contribution in [1.29, 1.82) is 0 Å². The van der Waals surface area contributed by atoms with Crippen molar-refractivity contribution in [3.05, 3.63) is 53.1 Å². The van der Waals surface area contributed by atoms with Gasteiger partial charge in [0.15, 0.2) is 11.5 Å². The van der Waals surface area contributed by atoms with Gasteiger partial charge in [-0.05, 0) is 31.4 Å². The number of aliphatic hydroxyl groups is 1. The molecule has 2 aromatic rings. The highest BCUT2D eigenvalue weighted by molar-refractivity contribution is 5.98. The lowest BCUT2D eigenvalue weighted by Crippen LogP contribution is -2.64. The van der Waals surface area contributed by atoms with Crippen molar-refractivity contribution < 1.29 is 47.0 Å². The molecule has 3 heterocycles. The summed E-state index contributed by atoms with van der Waals surface area (Å²) in [5, 5.41) is 30.9. The average Bonchev–Trinajstić information content (AvgIpc) is 2.94. The summed E-state index contributed by atoms with van der Waals surface area (Å²) in [6, 6.07) is -3.21. The third-order valence-electron chi connectivity index (χ3n) is 6.95. The Morgan fingerprint density at radius 1 is 1.00 bits per heavy atom. The molecule has 0 saturated carbocycles. The van der Waals surface area contributed by atoms with E-state index in [-0.39, 0.29) is 12.3 Å². The van der Waals surface area contributed by atoms with Crippen LogP contribution in [0.4, 0.5) is 17.6 Å². The summed E-state index contributed by atoms with van der Waals surface area (Å²) in [7, 11) is 0. The summed E-state index contributed by atoms with van der Waals surface area (Å²) in [6.45, 7) is 6.12. The summed E-state index contributed by atoms with van der Waals surface area (Å²) >= 11 is 0. The van der Waals surface area contributed by atoms with Gasteiger partial charge in [0.05, 0.1) is 24.1 Å². The molecule has 0 aromatic carbocycles. The van der Waals surface area contributed by atoms with Crippen LogP contribution < -0.4 is 21.3 Å². The molecule has 0 radical (unpaired) electrons. The number of hydrogen-bond acceptors (Lipinski definition) is 8. The molecule has 4 amide bonds. The second-order valence-corrected chi connectivity index (χ2v) is 10.7. The standard InChI is InChI=1S/C27H32F4N6O6/c1-10(2)8-15-25(41)33-12(4)19(36-27(43)20-16(38)6-5-7-32-20)26(42)34-14(21(39)11(3)24(40)35-15)9-13-17(28)18(29)23(31)37-22(13)30/h5-7,10-12,14-15,19,21,38-39H,8-9H2,1-4H3,(H,33,41)(H,34,42)(H,35,40)(H,36,43)/t11-,12-,14+,15?,19+,21+/m1/s1. The highest BCUT2D eigenvalue weighted by Crippen LogP contribution is 2.22. The predicted octanol–water partition coefficient (Wildman–Crippen LogP) is 0.611. The molecular formula is C27H32F4N6O6. The van der Waals surface area contributed by atoms with E-state index in [4.69, 9.17) is 0 Å². The van der Waals surface area contributed by atoms with Gasteiger partial charge in [0.1, 0.15) is 17.8 Å². The smallest absolute Gasteiger partial charge is 0.274 e. The second-order valence-electron chi connectivity index (χ2n) is 10.7. The minimum Gasteiger partial charge on any atom is -0.505 e. The largest absolute Gasteiger partial charge is 0.505 e. The van der Waals surface area contributed by atoms with Gasteiger partial charge in [0.2, 0.25) is 29.5 Å². The molecule has 0 bridgehead atoms. The molecule has 43 heavy (non-hydrogen) atoms. The van der Waals surface area contributed by atoms with Crippen LogP contribution in [0.15, 0.2) is 18.3 Å². The van der Waals surface area contributed by atoms with Crippen molar-refractivity contribution in [2.75, 3.05) is 0 Å². The van der Waals surface area contributed by atoms with E-state index in [9.17, 15) is 47.0 Å². The maximum atomic E-state index is 14.6. The molecule has 6 atom stereocenters. The Labute approximate surface area is 243 Å². The van der Waals surface area contributed by atoms with Crippen LogP contribution in [-0.4, -0.2) is 74.1 Å². The number of hydrogen-bond donors (Lipinski definition) is 6. The summed E-state index contributed by atoms with van der Waals surface area (Å²) < 4.78 is 56.4. The van der Waals surface area contributed by atoms with E-state index in [0.29, 0.717) is 0 Å². The number of aromatic nitrogens is 2. The van der Waals surface area contributed by atoms with Gasteiger partial charge >= 0.3 is 0 Å². The Kier molecular flexibility index (Phi) is 10.6. The number of nitrogens with zero attached hydrogens (tertiary/aromatic N) is 2. The van der Waals surface area contributed by atoms with Crippen molar-refractivity contribution in [2.45, 2.75) is 70.8 Å². The van der Waals surface area contributed by atoms with Gasteiger partial charge in [-0.1, -0.05) is 20.8 Å². The van der Waals surface area contributed by atoms with Gasteiger partial charge in [-0.2, -0.15) is 18.2 Å². The molecule has 1 saturated heterocycles. The van der Waals surface area contributed by atoms with Crippen LogP contribution in [0.3, 0.4) is 0 Å².